The van der Waals surface area contributed by atoms with Crippen molar-refractivity contribution in [3.8, 4) is 17.1 Å². The number of anilines is 1. The average molecular weight is 398 g/mol. The molecule has 0 saturated carbocycles. The molecule has 1 aromatic heterocycles. The second-order valence-corrected chi connectivity index (χ2v) is 6.60. The highest BCUT2D eigenvalue weighted by atomic mass is 19.1. The van der Waals surface area contributed by atoms with Gasteiger partial charge in [0.2, 0.25) is 0 Å². The third kappa shape index (κ3) is 3.79. The lowest BCUT2D eigenvalue weighted by Crippen LogP contribution is -2.39. The van der Waals surface area contributed by atoms with Crippen LogP contribution >= 0.6 is 0 Å². The van der Waals surface area contributed by atoms with Gasteiger partial charge in [-0.15, -0.1) is 0 Å². The van der Waals surface area contributed by atoms with Gasteiger partial charge in [0.25, 0.3) is 0 Å². The zero-order chi connectivity index (χ0) is 20.4. The minimum Gasteiger partial charge on any atom is -0.497 e. The Hall–Kier alpha value is -3.39. The molecule has 1 aliphatic heterocycles. The summed E-state index contributed by atoms with van der Waals surface area (Å²) in [6.07, 6.45) is -0.327. The first-order valence-corrected chi connectivity index (χ1v) is 9.06. The van der Waals surface area contributed by atoms with E-state index in [-0.39, 0.29) is 29.1 Å². The molecule has 1 atom stereocenters. The molecule has 7 nitrogen and oxygen atoms in total. The number of carboxylic acid groups (broad SMARTS) is 1. The lowest BCUT2D eigenvalue weighted by atomic mass is 10.1. The SMILES string of the molecule is COc1ccc(-c2onc(N3CCOC(c4ccc(F)cc4)C3)c2C(=O)O)cc1. The van der Waals surface area contributed by atoms with Crippen molar-refractivity contribution in [1.29, 1.82) is 0 Å². The zero-order valence-corrected chi connectivity index (χ0v) is 15.7. The molecule has 0 bridgehead atoms. The Morgan fingerprint density at radius 3 is 2.59 bits per heavy atom. The smallest absolute Gasteiger partial charge is 0.343 e. The predicted octanol–water partition coefficient (Wildman–Crippen LogP) is 3.77. The molecule has 1 unspecified atom stereocenters. The van der Waals surface area contributed by atoms with E-state index in [1.165, 1.54) is 12.1 Å². The molecule has 1 fully saturated rings. The number of carbonyl (C=O) groups is 1. The van der Waals surface area contributed by atoms with Gasteiger partial charge >= 0.3 is 5.97 Å². The lowest BCUT2D eigenvalue weighted by Gasteiger charge is -2.33. The van der Waals surface area contributed by atoms with Gasteiger partial charge in [-0.3, -0.25) is 0 Å². The molecule has 0 amide bonds. The topological polar surface area (TPSA) is 85.0 Å². The largest absolute Gasteiger partial charge is 0.497 e. The van der Waals surface area contributed by atoms with Crippen LogP contribution < -0.4 is 9.64 Å². The molecule has 0 spiro atoms. The molecule has 8 heteroatoms. The van der Waals surface area contributed by atoms with Crippen LogP contribution in [0, 0.1) is 5.82 Å². The highest BCUT2D eigenvalue weighted by Crippen LogP contribution is 2.34. The van der Waals surface area contributed by atoms with Crippen molar-refractivity contribution in [2.45, 2.75) is 6.10 Å². The van der Waals surface area contributed by atoms with Gasteiger partial charge in [-0.2, -0.15) is 0 Å². The van der Waals surface area contributed by atoms with Crippen LogP contribution in [0.25, 0.3) is 11.3 Å². The fourth-order valence-corrected chi connectivity index (χ4v) is 3.35. The molecular weight excluding hydrogens is 379 g/mol. The molecule has 1 saturated heterocycles. The van der Waals surface area contributed by atoms with Crippen LogP contribution in [0.3, 0.4) is 0 Å². The van der Waals surface area contributed by atoms with Gasteiger partial charge in [-0.05, 0) is 42.0 Å². The lowest BCUT2D eigenvalue weighted by molar-refractivity contribution is 0.0391. The van der Waals surface area contributed by atoms with E-state index in [9.17, 15) is 14.3 Å². The fourth-order valence-electron chi connectivity index (χ4n) is 3.35. The van der Waals surface area contributed by atoms with E-state index in [4.69, 9.17) is 14.0 Å². The first kappa shape index (κ1) is 18.9. The third-order valence-electron chi connectivity index (χ3n) is 4.85. The molecular formula is C21H19FN2O5. The van der Waals surface area contributed by atoms with Gasteiger partial charge < -0.3 is 24.0 Å². The Bertz CT molecular complexity index is 1000. The summed E-state index contributed by atoms with van der Waals surface area (Å²) in [4.78, 5) is 13.8. The summed E-state index contributed by atoms with van der Waals surface area (Å²) < 4.78 is 29.6. The number of methoxy groups -OCH3 is 1. The average Bonchev–Trinajstić information content (AvgIpc) is 3.20. The summed E-state index contributed by atoms with van der Waals surface area (Å²) in [6, 6.07) is 13.0. The number of aromatic carboxylic acids is 1. The van der Waals surface area contributed by atoms with Crippen molar-refractivity contribution in [3.63, 3.8) is 0 Å². The minimum atomic E-state index is -1.13. The number of ether oxygens (including phenoxy) is 2. The van der Waals surface area contributed by atoms with Crippen LogP contribution in [0.1, 0.15) is 22.0 Å². The summed E-state index contributed by atoms with van der Waals surface area (Å²) in [5.74, 6) is -0.369. The van der Waals surface area contributed by atoms with Crippen LogP contribution in [-0.2, 0) is 4.74 Å². The summed E-state index contributed by atoms with van der Waals surface area (Å²) in [5.41, 5.74) is 1.40. The van der Waals surface area contributed by atoms with Gasteiger partial charge in [0.15, 0.2) is 17.1 Å². The van der Waals surface area contributed by atoms with Crippen molar-refractivity contribution in [3.05, 3.63) is 65.5 Å². The van der Waals surface area contributed by atoms with Crippen LogP contribution in [0.5, 0.6) is 5.75 Å². The molecule has 1 N–H and O–H groups in total. The molecule has 2 heterocycles. The molecule has 1 aliphatic rings. The maximum absolute atomic E-state index is 13.2. The number of rotatable bonds is 5. The molecule has 29 heavy (non-hydrogen) atoms. The van der Waals surface area contributed by atoms with E-state index in [2.05, 4.69) is 5.16 Å². The van der Waals surface area contributed by atoms with Crippen molar-refractivity contribution >= 4 is 11.8 Å². The molecule has 2 aromatic carbocycles. The number of aromatic nitrogens is 1. The van der Waals surface area contributed by atoms with Crippen LogP contribution in [-0.4, -0.2) is 43.0 Å². The normalized spacial score (nSPS) is 16.6. The zero-order valence-electron chi connectivity index (χ0n) is 15.7. The first-order chi connectivity index (χ1) is 14.1. The Kier molecular flexibility index (Phi) is 5.18. The van der Waals surface area contributed by atoms with Crippen molar-refractivity contribution in [2.24, 2.45) is 0 Å². The Balaban J connectivity index is 1.64. The fraction of sp³-hybridized carbons (Fsp3) is 0.238. The van der Waals surface area contributed by atoms with Gasteiger partial charge in [0.05, 0.1) is 13.7 Å². The van der Waals surface area contributed by atoms with E-state index in [1.807, 2.05) is 4.90 Å². The van der Waals surface area contributed by atoms with E-state index in [0.717, 1.165) is 5.56 Å². The third-order valence-corrected chi connectivity index (χ3v) is 4.85. The maximum atomic E-state index is 13.2. The van der Waals surface area contributed by atoms with Gasteiger partial charge in [-0.1, -0.05) is 17.3 Å². The van der Waals surface area contributed by atoms with E-state index >= 15 is 0 Å². The van der Waals surface area contributed by atoms with Gasteiger partial charge in [0.1, 0.15) is 17.7 Å². The number of halogens is 1. The standard InChI is InChI=1S/C21H19FN2O5/c1-27-16-8-4-14(5-9-16)19-18(21(25)26)20(23-29-19)24-10-11-28-17(12-24)13-2-6-15(22)7-3-13/h2-9,17H,10-12H2,1H3,(H,25,26). The molecule has 0 aliphatic carbocycles. The molecule has 4 rings (SSSR count). The monoisotopic (exact) mass is 398 g/mol. The summed E-state index contributed by atoms with van der Waals surface area (Å²) in [6.45, 7) is 1.22. The van der Waals surface area contributed by atoms with Crippen molar-refractivity contribution in [2.75, 3.05) is 31.7 Å². The number of benzene rings is 2. The molecule has 0 radical (unpaired) electrons. The number of hydrogen-bond donors (Lipinski definition) is 1. The predicted molar refractivity (Wildman–Crippen MR) is 103 cm³/mol. The number of hydrogen-bond acceptors (Lipinski definition) is 6. The van der Waals surface area contributed by atoms with E-state index in [0.29, 0.717) is 31.0 Å². The molecule has 3 aromatic rings. The summed E-state index contributed by atoms with van der Waals surface area (Å²) >= 11 is 0. The van der Waals surface area contributed by atoms with E-state index < -0.39 is 5.97 Å². The second kappa shape index (κ2) is 7.92. The van der Waals surface area contributed by atoms with Gasteiger partial charge in [0, 0.05) is 18.7 Å². The number of carboxylic acids is 1. The Morgan fingerprint density at radius 1 is 1.21 bits per heavy atom. The van der Waals surface area contributed by atoms with Crippen LogP contribution in [0.2, 0.25) is 0 Å². The minimum absolute atomic E-state index is 0.00470. The Labute approximate surface area is 166 Å². The van der Waals surface area contributed by atoms with Crippen molar-refractivity contribution < 1.29 is 28.3 Å². The summed E-state index contributed by atoms with van der Waals surface area (Å²) in [7, 11) is 1.56. The maximum Gasteiger partial charge on any atom is 0.343 e. The quantitative estimate of drug-likeness (QED) is 0.700. The Morgan fingerprint density at radius 2 is 1.93 bits per heavy atom. The van der Waals surface area contributed by atoms with Gasteiger partial charge in [-0.25, -0.2) is 9.18 Å². The van der Waals surface area contributed by atoms with Crippen LogP contribution in [0.4, 0.5) is 10.2 Å². The second-order valence-electron chi connectivity index (χ2n) is 6.60. The van der Waals surface area contributed by atoms with Crippen LogP contribution in [0.15, 0.2) is 53.1 Å². The number of morpholine rings is 1. The highest BCUT2D eigenvalue weighted by Gasteiger charge is 2.31. The summed E-state index contributed by atoms with van der Waals surface area (Å²) in [5, 5.41) is 13.9. The molecule has 150 valence electrons. The van der Waals surface area contributed by atoms with E-state index in [1.54, 1.807) is 43.5 Å². The number of nitrogens with zero attached hydrogens (tertiary/aromatic N) is 2. The first-order valence-electron chi connectivity index (χ1n) is 9.06. The van der Waals surface area contributed by atoms with Crippen molar-refractivity contribution in [1.82, 2.24) is 5.16 Å². The highest BCUT2D eigenvalue weighted by molar-refractivity contribution is 5.99.